The molecular formula is C20H26N4O5. The molecule has 2 rings (SSSR count). The van der Waals surface area contributed by atoms with Crippen molar-refractivity contribution in [2.45, 2.75) is 33.6 Å². The Morgan fingerprint density at radius 3 is 2.48 bits per heavy atom. The molecule has 0 saturated heterocycles. The van der Waals surface area contributed by atoms with Gasteiger partial charge < -0.3 is 20.1 Å². The topological polar surface area (TPSA) is 112 Å². The second kappa shape index (κ2) is 9.72. The van der Waals surface area contributed by atoms with Gasteiger partial charge in [0.1, 0.15) is 5.75 Å². The number of methoxy groups -OCH3 is 1. The van der Waals surface area contributed by atoms with Gasteiger partial charge in [-0.05, 0) is 44.0 Å². The molecule has 1 aromatic carbocycles. The summed E-state index contributed by atoms with van der Waals surface area (Å²) in [6.45, 7) is 4.80. The van der Waals surface area contributed by atoms with Crippen LogP contribution in [0, 0.1) is 13.8 Å². The smallest absolute Gasteiger partial charge is 0.306 e. The van der Waals surface area contributed by atoms with E-state index in [-0.39, 0.29) is 12.3 Å². The average molecular weight is 402 g/mol. The van der Waals surface area contributed by atoms with Crippen LogP contribution in [0.1, 0.15) is 30.3 Å². The zero-order valence-electron chi connectivity index (χ0n) is 17.3. The van der Waals surface area contributed by atoms with Crippen LogP contribution in [0.25, 0.3) is 0 Å². The second-order valence-corrected chi connectivity index (χ2v) is 6.58. The molecule has 1 aromatic heterocycles. The molecule has 1 heterocycles. The van der Waals surface area contributed by atoms with E-state index >= 15 is 0 Å². The highest BCUT2D eigenvalue weighted by Crippen LogP contribution is 2.27. The SMILES string of the molecule is COc1ccc(NC(C)=O)cc1NC(=O)COC(=O)CCc1c(C)nn(C)c1C. The first-order valence-electron chi connectivity index (χ1n) is 9.11. The predicted molar refractivity (Wildman–Crippen MR) is 108 cm³/mol. The lowest BCUT2D eigenvalue weighted by atomic mass is 10.1. The van der Waals surface area contributed by atoms with Crippen molar-refractivity contribution in [3.8, 4) is 5.75 Å². The van der Waals surface area contributed by atoms with Crippen LogP contribution in [-0.4, -0.2) is 41.3 Å². The average Bonchev–Trinajstić information content (AvgIpc) is 2.89. The molecule has 29 heavy (non-hydrogen) atoms. The number of anilines is 2. The van der Waals surface area contributed by atoms with Gasteiger partial charge in [-0.15, -0.1) is 0 Å². The molecule has 0 aliphatic rings. The Morgan fingerprint density at radius 2 is 1.90 bits per heavy atom. The zero-order valence-corrected chi connectivity index (χ0v) is 17.3. The number of aromatic nitrogens is 2. The minimum Gasteiger partial charge on any atom is -0.495 e. The molecule has 9 heteroatoms. The quantitative estimate of drug-likeness (QED) is 0.654. The number of carbonyl (C=O) groups excluding carboxylic acids is 3. The molecule has 0 spiro atoms. The summed E-state index contributed by atoms with van der Waals surface area (Å²) >= 11 is 0. The molecule has 0 radical (unpaired) electrons. The van der Waals surface area contributed by atoms with Gasteiger partial charge in [0.15, 0.2) is 6.61 Å². The standard InChI is InChI=1S/C20H26N4O5/c1-12-16(13(2)24(4)23-12)7-9-20(27)29-11-19(26)22-17-10-15(21-14(3)25)6-8-18(17)28-5/h6,8,10H,7,9,11H2,1-5H3,(H,21,25)(H,22,26). The number of amides is 2. The lowest BCUT2D eigenvalue weighted by molar-refractivity contribution is -0.147. The maximum Gasteiger partial charge on any atom is 0.306 e. The van der Waals surface area contributed by atoms with E-state index in [1.54, 1.807) is 22.9 Å². The van der Waals surface area contributed by atoms with Gasteiger partial charge >= 0.3 is 5.97 Å². The number of rotatable bonds is 8. The van der Waals surface area contributed by atoms with Crippen molar-refractivity contribution in [3.63, 3.8) is 0 Å². The van der Waals surface area contributed by atoms with Crippen molar-refractivity contribution in [3.05, 3.63) is 35.2 Å². The Bertz CT molecular complexity index is 920. The summed E-state index contributed by atoms with van der Waals surface area (Å²) < 4.78 is 12.0. The summed E-state index contributed by atoms with van der Waals surface area (Å²) in [5.74, 6) is -0.797. The Kier molecular flexibility index (Phi) is 7.35. The molecule has 0 atom stereocenters. The van der Waals surface area contributed by atoms with Gasteiger partial charge in [0.25, 0.3) is 5.91 Å². The predicted octanol–water partition coefficient (Wildman–Crippen LogP) is 2.12. The maximum absolute atomic E-state index is 12.2. The number of nitrogens with zero attached hydrogens (tertiary/aromatic N) is 2. The number of esters is 1. The number of nitrogens with one attached hydrogen (secondary N) is 2. The van der Waals surface area contributed by atoms with Gasteiger partial charge in [0.05, 0.1) is 18.5 Å². The van der Waals surface area contributed by atoms with Crippen molar-refractivity contribution in [2.24, 2.45) is 7.05 Å². The van der Waals surface area contributed by atoms with Gasteiger partial charge in [-0.3, -0.25) is 19.1 Å². The normalized spacial score (nSPS) is 10.4. The summed E-state index contributed by atoms with van der Waals surface area (Å²) in [4.78, 5) is 35.4. The molecular weight excluding hydrogens is 376 g/mol. The first-order valence-corrected chi connectivity index (χ1v) is 9.11. The monoisotopic (exact) mass is 402 g/mol. The van der Waals surface area contributed by atoms with E-state index in [2.05, 4.69) is 15.7 Å². The van der Waals surface area contributed by atoms with Gasteiger partial charge in [-0.2, -0.15) is 5.10 Å². The summed E-state index contributed by atoms with van der Waals surface area (Å²) in [7, 11) is 3.31. The van der Waals surface area contributed by atoms with E-state index < -0.39 is 18.5 Å². The van der Waals surface area contributed by atoms with Crippen molar-refractivity contribution in [1.29, 1.82) is 0 Å². The summed E-state index contributed by atoms with van der Waals surface area (Å²) in [6, 6.07) is 4.83. The van der Waals surface area contributed by atoms with Gasteiger partial charge in [0, 0.05) is 31.8 Å². The van der Waals surface area contributed by atoms with Crippen LogP contribution >= 0.6 is 0 Å². The highest BCUT2D eigenvalue weighted by Gasteiger charge is 2.14. The number of benzene rings is 1. The van der Waals surface area contributed by atoms with Crippen molar-refractivity contribution >= 4 is 29.2 Å². The fraction of sp³-hybridized carbons (Fsp3) is 0.400. The largest absolute Gasteiger partial charge is 0.495 e. The molecule has 0 fully saturated rings. The molecule has 2 amide bonds. The lowest BCUT2D eigenvalue weighted by Crippen LogP contribution is -2.21. The molecule has 0 aliphatic carbocycles. The van der Waals surface area contributed by atoms with Crippen LogP contribution in [0.3, 0.4) is 0 Å². The van der Waals surface area contributed by atoms with E-state index in [1.165, 1.54) is 14.0 Å². The van der Waals surface area contributed by atoms with Gasteiger partial charge in [-0.25, -0.2) is 0 Å². The molecule has 2 aromatic rings. The van der Waals surface area contributed by atoms with Crippen LogP contribution in [0.15, 0.2) is 18.2 Å². The Balaban J connectivity index is 1.89. The fourth-order valence-electron chi connectivity index (χ4n) is 2.90. The third kappa shape index (κ3) is 6.06. The van der Waals surface area contributed by atoms with Crippen LogP contribution in [0.4, 0.5) is 11.4 Å². The van der Waals surface area contributed by atoms with Crippen molar-refractivity contribution in [1.82, 2.24) is 9.78 Å². The minimum absolute atomic E-state index is 0.155. The number of ether oxygens (including phenoxy) is 2. The Hall–Kier alpha value is -3.36. The molecule has 0 aliphatic heterocycles. The van der Waals surface area contributed by atoms with Crippen LogP contribution in [-0.2, 0) is 32.6 Å². The first kappa shape index (κ1) is 21.9. The van der Waals surface area contributed by atoms with E-state index in [1.807, 2.05) is 20.9 Å². The van der Waals surface area contributed by atoms with Gasteiger partial charge in [0.2, 0.25) is 5.91 Å². The van der Waals surface area contributed by atoms with Crippen LogP contribution in [0.5, 0.6) is 5.75 Å². The van der Waals surface area contributed by atoms with E-state index in [0.29, 0.717) is 23.5 Å². The first-order chi connectivity index (χ1) is 13.7. The molecule has 9 nitrogen and oxygen atoms in total. The second-order valence-electron chi connectivity index (χ2n) is 6.58. The zero-order chi connectivity index (χ0) is 21.6. The van der Waals surface area contributed by atoms with Gasteiger partial charge in [-0.1, -0.05) is 0 Å². The lowest BCUT2D eigenvalue weighted by Gasteiger charge is -2.12. The van der Waals surface area contributed by atoms with E-state index in [0.717, 1.165) is 17.0 Å². The molecule has 0 unspecified atom stereocenters. The third-order valence-corrected chi connectivity index (χ3v) is 4.40. The van der Waals surface area contributed by atoms with Crippen LogP contribution in [0.2, 0.25) is 0 Å². The maximum atomic E-state index is 12.2. The van der Waals surface area contributed by atoms with Crippen molar-refractivity contribution in [2.75, 3.05) is 24.4 Å². The molecule has 2 N–H and O–H groups in total. The Labute approximate surface area is 169 Å². The molecule has 0 saturated carbocycles. The summed E-state index contributed by atoms with van der Waals surface area (Å²) in [5, 5.41) is 9.56. The highest BCUT2D eigenvalue weighted by atomic mass is 16.5. The Morgan fingerprint density at radius 1 is 1.17 bits per heavy atom. The fourth-order valence-corrected chi connectivity index (χ4v) is 2.90. The molecule has 156 valence electrons. The highest BCUT2D eigenvalue weighted by molar-refractivity contribution is 5.96. The van der Waals surface area contributed by atoms with Crippen molar-refractivity contribution < 1.29 is 23.9 Å². The third-order valence-electron chi connectivity index (χ3n) is 4.40. The van der Waals surface area contributed by atoms with E-state index in [4.69, 9.17) is 9.47 Å². The minimum atomic E-state index is -0.509. The summed E-state index contributed by atoms with van der Waals surface area (Å²) in [5.41, 5.74) is 3.75. The van der Waals surface area contributed by atoms with E-state index in [9.17, 15) is 14.4 Å². The molecule has 0 bridgehead atoms. The number of hydrogen-bond acceptors (Lipinski definition) is 6. The van der Waals surface area contributed by atoms with Crippen LogP contribution < -0.4 is 15.4 Å². The number of hydrogen-bond donors (Lipinski definition) is 2. The number of aryl methyl sites for hydroxylation is 2. The summed E-state index contributed by atoms with van der Waals surface area (Å²) in [6.07, 6.45) is 0.653. The number of carbonyl (C=O) groups is 3.